The van der Waals surface area contributed by atoms with Crippen LogP contribution < -0.4 is 0 Å². The maximum atomic E-state index is 6.19. The van der Waals surface area contributed by atoms with Crippen molar-refractivity contribution < 1.29 is 4.43 Å². The van der Waals surface area contributed by atoms with E-state index in [0.717, 1.165) is 5.57 Å². The third kappa shape index (κ3) is 7.61. The van der Waals surface area contributed by atoms with Crippen LogP contribution in [0.4, 0.5) is 0 Å². The summed E-state index contributed by atoms with van der Waals surface area (Å²) in [6.45, 7) is 23.2. The summed E-state index contributed by atoms with van der Waals surface area (Å²) in [5, 5.41) is 0.243. The Bertz CT molecular complexity index is 725. The Balaban J connectivity index is 2.70. The van der Waals surface area contributed by atoms with Crippen molar-refractivity contribution in [2.24, 2.45) is 5.41 Å². The summed E-state index contributed by atoms with van der Waals surface area (Å²) >= 11 is 0. The first kappa shape index (κ1) is 24.7. The van der Waals surface area contributed by atoms with E-state index >= 15 is 0 Å². The summed E-state index contributed by atoms with van der Waals surface area (Å²) in [5.74, 6) is 6.42. The van der Waals surface area contributed by atoms with Gasteiger partial charge in [0.05, 0.1) is 6.61 Å². The lowest BCUT2D eigenvalue weighted by Crippen LogP contribution is -2.40. The van der Waals surface area contributed by atoms with E-state index in [1.807, 2.05) is 6.08 Å². The quantitative estimate of drug-likeness (QED) is 0.259. The van der Waals surface area contributed by atoms with Crippen LogP contribution in [0.25, 0.3) is 0 Å². The molecule has 0 fully saturated rings. The molecular formula is C26H42OSi. The summed E-state index contributed by atoms with van der Waals surface area (Å²) in [7, 11) is -1.68. The molecule has 0 saturated carbocycles. The summed E-state index contributed by atoms with van der Waals surface area (Å²) in [5.41, 5.74) is 5.58. The van der Waals surface area contributed by atoms with E-state index in [1.54, 1.807) is 0 Å². The van der Waals surface area contributed by atoms with Gasteiger partial charge in [-0.05, 0) is 92.5 Å². The second kappa shape index (κ2) is 9.95. The van der Waals surface area contributed by atoms with Crippen LogP contribution in [0.5, 0.6) is 0 Å². The fraction of sp³-hybridized carbons (Fsp3) is 0.615. The van der Waals surface area contributed by atoms with E-state index in [1.165, 1.54) is 36.0 Å². The first-order chi connectivity index (χ1) is 12.8. The van der Waals surface area contributed by atoms with Gasteiger partial charge in [-0.2, -0.15) is 0 Å². The van der Waals surface area contributed by atoms with Crippen molar-refractivity contribution in [1.29, 1.82) is 0 Å². The van der Waals surface area contributed by atoms with Gasteiger partial charge in [0.1, 0.15) is 0 Å². The molecule has 1 nitrogen and oxygen atoms in total. The van der Waals surface area contributed by atoms with Gasteiger partial charge in [0.15, 0.2) is 8.32 Å². The maximum Gasteiger partial charge on any atom is 0.192 e. The molecule has 2 heteroatoms. The highest BCUT2D eigenvalue weighted by atomic mass is 28.4. The van der Waals surface area contributed by atoms with Gasteiger partial charge in [0, 0.05) is 0 Å². The SMILES string of the molecule is CC1=C(/C=C/C(C)=C/C#C/C(C)=C/CO[Si](C)(C)C(C)(C)C)C(C)(C)CCC1. The Morgan fingerprint density at radius 3 is 2.43 bits per heavy atom. The molecular weight excluding hydrogens is 356 g/mol. The molecule has 0 heterocycles. The molecule has 0 saturated heterocycles. The van der Waals surface area contributed by atoms with E-state index < -0.39 is 8.32 Å². The van der Waals surface area contributed by atoms with Gasteiger partial charge in [-0.3, -0.25) is 0 Å². The highest BCUT2D eigenvalue weighted by Gasteiger charge is 2.36. The molecule has 0 spiro atoms. The first-order valence-electron chi connectivity index (χ1n) is 10.6. The molecule has 1 aliphatic rings. The van der Waals surface area contributed by atoms with Crippen LogP contribution in [0.2, 0.25) is 18.1 Å². The molecule has 0 bridgehead atoms. The van der Waals surface area contributed by atoms with Gasteiger partial charge >= 0.3 is 0 Å². The molecule has 0 N–H and O–H groups in total. The Morgan fingerprint density at radius 2 is 1.86 bits per heavy atom. The van der Waals surface area contributed by atoms with Crippen LogP contribution in [0.15, 0.2) is 46.6 Å². The van der Waals surface area contributed by atoms with Crippen LogP contribution in [-0.2, 0) is 4.43 Å². The molecule has 1 aliphatic carbocycles. The molecule has 1 rings (SSSR count). The molecule has 156 valence electrons. The molecule has 0 atom stereocenters. The van der Waals surface area contributed by atoms with E-state index in [4.69, 9.17) is 4.43 Å². The second-order valence-electron chi connectivity index (χ2n) is 10.4. The van der Waals surface area contributed by atoms with E-state index in [9.17, 15) is 0 Å². The zero-order valence-electron chi connectivity index (χ0n) is 20.0. The van der Waals surface area contributed by atoms with Gasteiger partial charge in [-0.25, -0.2) is 0 Å². The number of hydrogen-bond donors (Lipinski definition) is 0. The Morgan fingerprint density at radius 1 is 1.21 bits per heavy atom. The molecule has 0 aliphatic heterocycles. The normalized spacial score (nSPS) is 19.1. The van der Waals surface area contributed by atoms with E-state index in [-0.39, 0.29) is 10.5 Å². The van der Waals surface area contributed by atoms with Crippen LogP contribution in [0.3, 0.4) is 0 Å². The zero-order valence-corrected chi connectivity index (χ0v) is 21.0. The molecule has 0 radical (unpaired) electrons. The molecule has 28 heavy (non-hydrogen) atoms. The van der Waals surface area contributed by atoms with E-state index in [2.05, 4.69) is 98.6 Å². The van der Waals surface area contributed by atoms with Crippen molar-refractivity contribution in [3.8, 4) is 11.8 Å². The topological polar surface area (TPSA) is 9.23 Å². The van der Waals surface area contributed by atoms with Gasteiger partial charge in [-0.15, -0.1) is 0 Å². The van der Waals surface area contributed by atoms with E-state index in [0.29, 0.717) is 6.61 Å². The monoisotopic (exact) mass is 398 g/mol. The largest absolute Gasteiger partial charge is 0.413 e. The Labute approximate surface area is 176 Å². The van der Waals surface area contributed by atoms with Gasteiger partial charge < -0.3 is 4.43 Å². The third-order valence-electron chi connectivity index (χ3n) is 6.26. The predicted octanol–water partition coefficient (Wildman–Crippen LogP) is 7.99. The minimum absolute atomic E-state index is 0.243. The average Bonchev–Trinajstić information content (AvgIpc) is 2.52. The smallest absolute Gasteiger partial charge is 0.192 e. The summed E-state index contributed by atoms with van der Waals surface area (Å²) in [6, 6.07) is 0. The molecule has 0 unspecified atom stereocenters. The van der Waals surface area contributed by atoms with Crippen LogP contribution in [-0.4, -0.2) is 14.9 Å². The number of allylic oxidation sites excluding steroid dienone is 7. The van der Waals surface area contributed by atoms with Crippen molar-refractivity contribution in [1.82, 2.24) is 0 Å². The van der Waals surface area contributed by atoms with Gasteiger partial charge in [-0.1, -0.05) is 64.2 Å². The van der Waals surface area contributed by atoms with Gasteiger partial charge in [0.25, 0.3) is 0 Å². The van der Waals surface area contributed by atoms with Crippen molar-refractivity contribution in [2.75, 3.05) is 6.61 Å². The minimum Gasteiger partial charge on any atom is -0.413 e. The highest BCUT2D eigenvalue weighted by molar-refractivity contribution is 6.74. The Hall–Kier alpha value is -1.30. The fourth-order valence-corrected chi connectivity index (χ4v) is 4.11. The van der Waals surface area contributed by atoms with Crippen LogP contribution in [0.1, 0.15) is 74.7 Å². The van der Waals surface area contributed by atoms with Crippen molar-refractivity contribution >= 4 is 8.32 Å². The molecule has 0 aromatic carbocycles. The lowest BCUT2D eigenvalue weighted by Gasteiger charge is -2.35. The standard InChI is InChI=1S/C26H42OSi/c1-21(16-17-24-23(3)15-12-19-26(24,7)8)13-11-14-22(2)18-20-27-28(9,10)25(4,5)6/h13,16-18H,12,15,19-20H2,1-10H3/b17-16+,21-13+,22-18+. The summed E-state index contributed by atoms with van der Waals surface area (Å²) in [4.78, 5) is 0. The molecule has 0 aromatic heterocycles. The fourth-order valence-electron chi connectivity index (χ4n) is 3.18. The first-order valence-corrected chi connectivity index (χ1v) is 13.5. The zero-order chi connectivity index (χ0) is 21.6. The second-order valence-corrected chi connectivity index (χ2v) is 15.2. The summed E-state index contributed by atoms with van der Waals surface area (Å²) in [6.07, 6.45) is 12.4. The third-order valence-corrected chi connectivity index (χ3v) is 10.8. The molecule has 0 amide bonds. The van der Waals surface area contributed by atoms with Gasteiger partial charge in [0.2, 0.25) is 0 Å². The number of rotatable bonds is 5. The van der Waals surface area contributed by atoms with Crippen molar-refractivity contribution in [3.05, 3.63) is 46.6 Å². The predicted molar refractivity (Wildman–Crippen MR) is 128 cm³/mol. The van der Waals surface area contributed by atoms with Crippen molar-refractivity contribution in [3.63, 3.8) is 0 Å². The van der Waals surface area contributed by atoms with Crippen molar-refractivity contribution in [2.45, 2.75) is 92.8 Å². The average molecular weight is 399 g/mol. The lowest BCUT2D eigenvalue weighted by molar-refractivity contribution is 0.327. The minimum atomic E-state index is -1.68. The Kier molecular flexibility index (Phi) is 8.79. The summed E-state index contributed by atoms with van der Waals surface area (Å²) < 4.78 is 6.19. The lowest BCUT2D eigenvalue weighted by atomic mass is 9.72. The highest BCUT2D eigenvalue weighted by Crippen LogP contribution is 2.40. The van der Waals surface area contributed by atoms with Crippen LogP contribution >= 0.6 is 0 Å². The number of hydrogen-bond acceptors (Lipinski definition) is 1. The molecule has 0 aromatic rings. The maximum absolute atomic E-state index is 6.19. The van der Waals surface area contributed by atoms with Crippen LogP contribution in [0, 0.1) is 17.3 Å².